The lowest BCUT2D eigenvalue weighted by Gasteiger charge is -2.35. The van der Waals surface area contributed by atoms with E-state index in [0.29, 0.717) is 18.7 Å². The van der Waals surface area contributed by atoms with Gasteiger partial charge < -0.3 is 10.6 Å². The molecule has 5 nitrogen and oxygen atoms in total. The number of rotatable bonds is 7. The molecule has 1 aliphatic rings. The van der Waals surface area contributed by atoms with Crippen LogP contribution >= 0.6 is 0 Å². The predicted molar refractivity (Wildman–Crippen MR) is 87.3 cm³/mol. The van der Waals surface area contributed by atoms with Gasteiger partial charge in [-0.3, -0.25) is 14.5 Å². The van der Waals surface area contributed by atoms with Gasteiger partial charge in [0.05, 0.1) is 0 Å². The fourth-order valence-corrected chi connectivity index (χ4v) is 2.74. The SMILES string of the molecule is O=C(CCC(=O)c1ccccc1)NCC(N1CCNCC1)C(F)(F)F. The minimum atomic E-state index is -4.41. The molecule has 1 aliphatic heterocycles. The summed E-state index contributed by atoms with van der Waals surface area (Å²) in [7, 11) is 0. The summed E-state index contributed by atoms with van der Waals surface area (Å²) in [6.07, 6.45) is -4.56. The highest BCUT2D eigenvalue weighted by molar-refractivity contribution is 5.97. The molecule has 0 aromatic heterocycles. The van der Waals surface area contributed by atoms with Crippen molar-refractivity contribution in [3.8, 4) is 0 Å². The lowest BCUT2D eigenvalue weighted by atomic mass is 10.1. The molecule has 1 heterocycles. The van der Waals surface area contributed by atoms with Gasteiger partial charge in [-0.25, -0.2) is 0 Å². The summed E-state index contributed by atoms with van der Waals surface area (Å²) in [5.74, 6) is -0.751. The molecule has 1 unspecified atom stereocenters. The van der Waals surface area contributed by atoms with Crippen LogP contribution in [0.4, 0.5) is 13.2 Å². The second kappa shape index (κ2) is 8.96. The standard InChI is InChI=1S/C17H22F3N3O2/c18-17(19,20)15(23-10-8-21-9-11-23)12-22-16(25)7-6-14(24)13-4-2-1-3-5-13/h1-5,15,21H,6-12H2,(H,22,25). The fraction of sp³-hybridized carbons (Fsp3) is 0.529. The van der Waals surface area contributed by atoms with Gasteiger partial charge in [-0.2, -0.15) is 13.2 Å². The summed E-state index contributed by atoms with van der Waals surface area (Å²) in [5, 5.41) is 5.32. The minimum Gasteiger partial charge on any atom is -0.354 e. The molecular formula is C17H22F3N3O2. The smallest absolute Gasteiger partial charge is 0.354 e. The first-order chi connectivity index (χ1) is 11.9. The Kier molecular flexibility index (Phi) is 6.95. The summed E-state index contributed by atoms with van der Waals surface area (Å²) >= 11 is 0. The third-order valence-corrected chi connectivity index (χ3v) is 4.14. The van der Waals surface area contributed by atoms with Gasteiger partial charge in [0.2, 0.25) is 5.91 Å². The number of amides is 1. The summed E-state index contributed by atoms with van der Waals surface area (Å²) in [6, 6.07) is 6.79. The van der Waals surface area contributed by atoms with E-state index in [9.17, 15) is 22.8 Å². The van der Waals surface area contributed by atoms with Crippen molar-refractivity contribution in [1.82, 2.24) is 15.5 Å². The van der Waals surface area contributed by atoms with E-state index in [0.717, 1.165) is 0 Å². The molecule has 0 spiro atoms. The number of halogens is 3. The molecule has 1 amide bonds. The third-order valence-electron chi connectivity index (χ3n) is 4.14. The van der Waals surface area contributed by atoms with Crippen LogP contribution in [-0.2, 0) is 4.79 Å². The van der Waals surface area contributed by atoms with Crippen molar-refractivity contribution in [2.45, 2.75) is 25.1 Å². The Morgan fingerprint density at radius 2 is 1.76 bits per heavy atom. The van der Waals surface area contributed by atoms with Gasteiger partial charge in [-0.15, -0.1) is 0 Å². The third kappa shape index (κ3) is 6.13. The van der Waals surface area contributed by atoms with Crippen molar-refractivity contribution in [3.05, 3.63) is 35.9 Å². The highest BCUT2D eigenvalue weighted by atomic mass is 19.4. The van der Waals surface area contributed by atoms with E-state index < -0.39 is 24.7 Å². The van der Waals surface area contributed by atoms with Crippen LogP contribution in [0.1, 0.15) is 23.2 Å². The van der Waals surface area contributed by atoms with Gasteiger partial charge in [0.15, 0.2) is 5.78 Å². The van der Waals surface area contributed by atoms with Crippen molar-refractivity contribution in [3.63, 3.8) is 0 Å². The van der Waals surface area contributed by atoms with Crippen molar-refractivity contribution in [1.29, 1.82) is 0 Å². The number of alkyl halides is 3. The number of nitrogens with zero attached hydrogens (tertiary/aromatic N) is 1. The highest BCUT2D eigenvalue weighted by Crippen LogP contribution is 2.24. The van der Waals surface area contributed by atoms with Crippen LogP contribution in [0.2, 0.25) is 0 Å². The van der Waals surface area contributed by atoms with E-state index in [1.54, 1.807) is 30.3 Å². The van der Waals surface area contributed by atoms with Crippen molar-refractivity contribution in [2.75, 3.05) is 32.7 Å². The summed E-state index contributed by atoms with van der Waals surface area (Å²) in [4.78, 5) is 25.1. The lowest BCUT2D eigenvalue weighted by Crippen LogP contribution is -2.57. The topological polar surface area (TPSA) is 61.4 Å². The van der Waals surface area contributed by atoms with Crippen LogP contribution in [0.3, 0.4) is 0 Å². The van der Waals surface area contributed by atoms with Crippen LogP contribution in [0.5, 0.6) is 0 Å². The average Bonchev–Trinajstić information content (AvgIpc) is 2.60. The van der Waals surface area contributed by atoms with E-state index in [2.05, 4.69) is 10.6 Å². The number of hydrogen-bond donors (Lipinski definition) is 2. The summed E-state index contributed by atoms with van der Waals surface area (Å²) in [5.41, 5.74) is 0.490. The molecule has 1 atom stereocenters. The van der Waals surface area contributed by atoms with E-state index in [1.807, 2.05) is 0 Å². The zero-order valence-corrected chi connectivity index (χ0v) is 13.8. The number of ketones is 1. The Hall–Kier alpha value is -1.93. The quantitative estimate of drug-likeness (QED) is 0.728. The first kappa shape index (κ1) is 19.4. The molecule has 25 heavy (non-hydrogen) atoms. The molecule has 2 rings (SSSR count). The number of carbonyl (C=O) groups is 2. The molecule has 138 valence electrons. The fourth-order valence-electron chi connectivity index (χ4n) is 2.74. The lowest BCUT2D eigenvalue weighted by molar-refractivity contribution is -0.184. The van der Waals surface area contributed by atoms with E-state index in [4.69, 9.17) is 0 Å². The number of carbonyl (C=O) groups excluding carboxylic acids is 2. The molecule has 0 aliphatic carbocycles. The van der Waals surface area contributed by atoms with Gasteiger partial charge >= 0.3 is 6.18 Å². The van der Waals surface area contributed by atoms with Crippen LogP contribution in [-0.4, -0.2) is 61.5 Å². The van der Waals surface area contributed by atoms with Gasteiger partial charge in [0.1, 0.15) is 6.04 Å². The zero-order valence-electron chi connectivity index (χ0n) is 13.8. The Balaban J connectivity index is 1.81. The Morgan fingerprint density at radius 1 is 1.12 bits per heavy atom. The number of nitrogens with one attached hydrogen (secondary N) is 2. The normalized spacial score (nSPS) is 17.1. The monoisotopic (exact) mass is 357 g/mol. The molecule has 8 heteroatoms. The minimum absolute atomic E-state index is 0.0276. The molecule has 1 fully saturated rings. The van der Waals surface area contributed by atoms with E-state index in [1.165, 1.54) is 4.90 Å². The number of piperazine rings is 1. The first-order valence-electron chi connectivity index (χ1n) is 8.24. The maximum absolute atomic E-state index is 13.2. The van der Waals surface area contributed by atoms with Crippen molar-refractivity contribution < 1.29 is 22.8 Å². The van der Waals surface area contributed by atoms with Gasteiger partial charge in [-0.05, 0) is 0 Å². The van der Waals surface area contributed by atoms with E-state index in [-0.39, 0.29) is 31.7 Å². The maximum Gasteiger partial charge on any atom is 0.405 e. The zero-order chi connectivity index (χ0) is 18.3. The molecule has 0 bridgehead atoms. The Labute approximate surface area is 144 Å². The van der Waals surface area contributed by atoms with Crippen LogP contribution in [0.15, 0.2) is 30.3 Å². The number of benzene rings is 1. The second-order valence-corrected chi connectivity index (χ2v) is 5.94. The Bertz CT molecular complexity index is 572. The average molecular weight is 357 g/mol. The maximum atomic E-state index is 13.2. The Morgan fingerprint density at radius 3 is 2.36 bits per heavy atom. The largest absolute Gasteiger partial charge is 0.405 e. The molecule has 2 N–H and O–H groups in total. The van der Waals surface area contributed by atoms with Gasteiger partial charge in [0.25, 0.3) is 0 Å². The molecular weight excluding hydrogens is 335 g/mol. The molecule has 0 saturated carbocycles. The second-order valence-electron chi connectivity index (χ2n) is 5.94. The summed E-state index contributed by atoms with van der Waals surface area (Å²) in [6.45, 7) is 1.05. The number of hydrogen-bond acceptors (Lipinski definition) is 4. The number of Topliss-reactive ketones (excluding diaryl/α,β-unsaturated/α-hetero) is 1. The molecule has 1 aromatic carbocycles. The van der Waals surface area contributed by atoms with Crippen molar-refractivity contribution >= 4 is 11.7 Å². The molecule has 0 radical (unpaired) electrons. The van der Waals surface area contributed by atoms with Gasteiger partial charge in [0, 0.05) is 51.1 Å². The van der Waals surface area contributed by atoms with Crippen LogP contribution in [0.25, 0.3) is 0 Å². The summed E-state index contributed by atoms with van der Waals surface area (Å²) < 4.78 is 39.7. The van der Waals surface area contributed by atoms with Crippen LogP contribution in [0, 0.1) is 0 Å². The van der Waals surface area contributed by atoms with Gasteiger partial charge in [-0.1, -0.05) is 30.3 Å². The molecule has 1 aromatic rings. The predicted octanol–water partition coefficient (Wildman–Crippen LogP) is 1.60. The van der Waals surface area contributed by atoms with Crippen LogP contribution < -0.4 is 10.6 Å². The first-order valence-corrected chi connectivity index (χ1v) is 8.24. The van der Waals surface area contributed by atoms with E-state index >= 15 is 0 Å². The highest BCUT2D eigenvalue weighted by Gasteiger charge is 2.43. The van der Waals surface area contributed by atoms with Crippen molar-refractivity contribution in [2.24, 2.45) is 0 Å². The molecule has 1 saturated heterocycles.